The van der Waals surface area contributed by atoms with E-state index in [9.17, 15) is 10.1 Å². The van der Waals surface area contributed by atoms with Gasteiger partial charge in [-0.25, -0.2) is 4.98 Å². The van der Waals surface area contributed by atoms with E-state index >= 15 is 0 Å². The quantitative estimate of drug-likeness (QED) is 0.442. The first-order valence-electron chi connectivity index (χ1n) is 5.74. The summed E-state index contributed by atoms with van der Waals surface area (Å²) in [7, 11) is 0. The molecule has 2 rings (SSSR count). The molecule has 19 heavy (non-hydrogen) atoms. The fraction of sp³-hybridized carbons (Fsp3) is 0.250. The third kappa shape index (κ3) is 4.29. The van der Waals surface area contributed by atoms with Gasteiger partial charge in [-0.05, 0) is 29.7 Å². The Morgan fingerprint density at radius 1 is 1.53 bits per heavy atom. The normalized spacial score (nSPS) is 11.2. The van der Waals surface area contributed by atoms with Crippen molar-refractivity contribution in [3.8, 4) is 0 Å². The van der Waals surface area contributed by atoms with Gasteiger partial charge in [-0.3, -0.25) is 10.1 Å². The highest BCUT2D eigenvalue weighted by molar-refractivity contribution is 8.02. The van der Waals surface area contributed by atoms with Crippen molar-refractivity contribution in [2.75, 3.05) is 5.75 Å². The lowest BCUT2D eigenvalue weighted by atomic mass is 10.4. The van der Waals surface area contributed by atoms with Gasteiger partial charge in [0, 0.05) is 18.9 Å². The van der Waals surface area contributed by atoms with Crippen molar-refractivity contribution in [3.05, 3.63) is 52.1 Å². The van der Waals surface area contributed by atoms with Crippen molar-refractivity contribution < 1.29 is 9.34 Å². The summed E-state index contributed by atoms with van der Waals surface area (Å²) in [5, 5.41) is 12.3. The molecule has 0 radical (unpaired) electrons. The van der Waals surface area contributed by atoms with Gasteiger partial charge in [0.2, 0.25) is 0 Å². The lowest BCUT2D eigenvalue weighted by Gasteiger charge is -1.99. The summed E-state index contributed by atoms with van der Waals surface area (Å²) in [4.78, 5) is 13.8. The Labute approximate surface area is 114 Å². The van der Waals surface area contributed by atoms with Gasteiger partial charge in [-0.2, -0.15) is 0 Å². The Hall–Kier alpha value is -2.02. The molecule has 0 aromatic carbocycles. The van der Waals surface area contributed by atoms with E-state index in [0.29, 0.717) is 5.76 Å². The molecule has 0 aliphatic rings. The average molecular weight is 279 g/mol. The van der Waals surface area contributed by atoms with Gasteiger partial charge in [-0.15, -0.1) is 11.8 Å². The molecule has 0 fully saturated rings. The molecule has 0 unspecified atom stereocenters. The number of thioether (sulfide) groups is 1. The van der Waals surface area contributed by atoms with Crippen molar-refractivity contribution in [2.45, 2.75) is 13.0 Å². The van der Waals surface area contributed by atoms with Crippen LogP contribution in [0.5, 0.6) is 0 Å². The van der Waals surface area contributed by atoms with Crippen LogP contribution in [0.15, 0.2) is 40.7 Å². The second-order valence-electron chi connectivity index (χ2n) is 3.76. The minimum Gasteiger partial charge on any atom is -0.401 e. The van der Waals surface area contributed by atoms with Gasteiger partial charge in [-0.1, -0.05) is 0 Å². The predicted octanol–water partition coefficient (Wildman–Crippen LogP) is 3.18. The van der Waals surface area contributed by atoms with E-state index in [4.69, 9.17) is 4.42 Å². The number of nitro groups is 1. The van der Waals surface area contributed by atoms with E-state index < -0.39 is 4.92 Å². The molecule has 100 valence electrons. The smallest absolute Gasteiger partial charge is 0.401 e. The first-order chi connectivity index (χ1) is 9.25. The van der Waals surface area contributed by atoms with Gasteiger partial charge in [0.15, 0.2) is 0 Å². The molecule has 0 saturated carbocycles. The van der Waals surface area contributed by atoms with Gasteiger partial charge < -0.3 is 8.98 Å². The van der Waals surface area contributed by atoms with Crippen LogP contribution in [0.3, 0.4) is 0 Å². The standard InChI is InChI=1S/C12H13N3O3S/c16-15(17)12-3-2-11(18-12)4-9-19-8-1-6-14-7-5-13-10-14/h2-5,7,9-10H,1,6,8H2/b9-4+. The third-order valence-electron chi connectivity index (χ3n) is 2.36. The minimum absolute atomic E-state index is 0.232. The largest absolute Gasteiger partial charge is 0.433 e. The van der Waals surface area contributed by atoms with Crippen LogP contribution in [-0.4, -0.2) is 20.2 Å². The fourth-order valence-corrected chi connectivity index (χ4v) is 2.12. The van der Waals surface area contributed by atoms with E-state index in [1.54, 1.807) is 36.4 Å². The van der Waals surface area contributed by atoms with Crippen LogP contribution in [0, 0.1) is 10.1 Å². The van der Waals surface area contributed by atoms with Crippen LogP contribution in [-0.2, 0) is 6.54 Å². The van der Waals surface area contributed by atoms with Gasteiger partial charge in [0.1, 0.15) is 10.7 Å². The molecule has 7 heteroatoms. The predicted molar refractivity (Wildman–Crippen MR) is 73.7 cm³/mol. The van der Waals surface area contributed by atoms with E-state index in [1.165, 1.54) is 6.07 Å². The van der Waals surface area contributed by atoms with Gasteiger partial charge in [0.25, 0.3) is 0 Å². The zero-order valence-electron chi connectivity index (χ0n) is 10.1. The number of nitrogens with zero attached hydrogens (tertiary/aromatic N) is 3. The Bertz CT molecular complexity index is 548. The first kappa shape index (κ1) is 13.4. The van der Waals surface area contributed by atoms with Crippen LogP contribution in [0.1, 0.15) is 12.2 Å². The van der Waals surface area contributed by atoms with E-state index in [-0.39, 0.29) is 5.88 Å². The summed E-state index contributed by atoms with van der Waals surface area (Å²) >= 11 is 1.64. The van der Waals surface area contributed by atoms with Crippen LogP contribution >= 0.6 is 11.8 Å². The van der Waals surface area contributed by atoms with E-state index in [1.807, 2.05) is 16.2 Å². The lowest BCUT2D eigenvalue weighted by Crippen LogP contribution is -1.94. The molecule has 6 nitrogen and oxygen atoms in total. The molecule has 0 spiro atoms. The van der Waals surface area contributed by atoms with Crippen LogP contribution in [0.4, 0.5) is 5.88 Å². The Morgan fingerprint density at radius 2 is 2.42 bits per heavy atom. The van der Waals surface area contributed by atoms with Crippen LogP contribution in [0.2, 0.25) is 0 Å². The molecule has 0 bridgehead atoms. The molecule has 2 aromatic heterocycles. The number of rotatable bonds is 7. The van der Waals surface area contributed by atoms with Crippen molar-refractivity contribution in [1.29, 1.82) is 0 Å². The third-order valence-corrected chi connectivity index (χ3v) is 3.21. The fourth-order valence-electron chi connectivity index (χ4n) is 1.46. The zero-order chi connectivity index (χ0) is 13.5. The summed E-state index contributed by atoms with van der Waals surface area (Å²) in [6.45, 7) is 0.938. The molecule has 2 heterocycles. The Morgan fingerprint density at radius 3 is 3.11 bits per heavy atom. The summed E-state index contributed by atoms with van der Waals surface area (Å²) in [6.07, 6.45) is 8.25. The molecule has 0 amide bonds. The molecule has 2 aromatic rings. The lowest BCUT2D eigenvalue weighted by molar-refractivity contribution is -0.402. The molecular weight excluding hydrogens is 266 g/mol. The highest BCUT2D eigenvalue weighted by Gasteiger charge is 2.09. The number of hydrogen-bond donors (Lipinski definition) is 0. The number of aryl methyl sites for hydroxylation is 1. The Kier molecular flexibility index (Phi) is 4.79. The SMILES string of the molecule is O=[N+]([O-])c1ccc(/C=C/SCCCn2ccnc2)o1. The van der Waals surface area contributed by atoms with Gasteiger partial charge >= 0.3 is 5.88 Å². The monoisotopic (exact) mass is 279 g/mol. The molecule has 0 N–H and O–H groups in total. The number of imidazole rings is 1. The maximum absolute atomic E-state index is 10.4. The maximum atomic E-state index is 10.4. The molecular formula is C12H13N3O3S. The number of furan rings is 1. The number of aromatic nitrogens is 2. The van der Waals surface area contributed by atoms with Crippen molar-refractivity contribution in [2.24, 2.45) is 0 Å². The summed E-state index contributed by atoms with van der Waals surface area (Å²) < 4.78 is 7.03. The average Bonchev–Trinajstić information content (AvgIpc) is 3.04. The summed E-state index contributed by atoms with van der Waals surface area (Å²) in [6, 6.07) is 2.93. The van der Waals surface area contributed by atoms with Crippen molar-refractivity contribution in [1.82, 2.24) is 9.55 Å². The maximum Gasteiger partial charge on any atom is 0.433 e. The molecule has 0 aliphatic heterocycles. The molecule has 0 saturated heterocycles. The second-order valence-corrected chi connectivity index (χ2v) is 4.77. The summed E-state index contributed by atoms with van der Waals surface area (Å²) in [5.74, 6) is 1.23. The van der Waals surface area contributed by atoms with Gasteiger partial charge in [0.05, 0.1) is 12.4 Å². The van der Waals surface area contributed by atoms with Crippen molar-refractivity contribution >= 4 is 23.7 Å². The highest BCUT2D eigenvalue weighted by Crippen LogP contribution is 2.18. The highest BCUT2D eigenvalue weighted by atomic mass is 32.2. The van der Waals surface area contributed by atoms with Crippen LogP contribution in [0.25, 0.3) is 6.08 Å². The number of hydrogen-bond acceptors (Lipinski definition) is 5. The molecule has 0 atom stereocenters. The topological polar surface area (TPSA) is 74.1 Å². The van der Waals surface area contributed by atoms with Crippen molar-refractivity contribution in [3.63, 3.8) is 0 Å². The molecule has 0 aliphatic carbocycles. The van der Waals surface area contributed by atoms with E-state index in [0.717, 1.165) is 18.7 Å². The Balaban J connectivity index is 1.67. The van der Waals surface area contributed by atoms with E-state index in [2.05, 4.69) is 4.98 Å². The first-order valence-corrected chi connectivity index (χ1v) is 6.79. The van der Waals surface area contributed by atoms with Crippen LogP contribution < -0.4 is 0 Å². The second kappa shape index (κ2) is 6.79. The minimum atomic E-state index is -0.546. The zero-order valence-corrected chi connectivity index (χ0v) is 11.0. The summed E-state index contributed by atoms with van der Waals surface area (Å²) in [5.41, 5.74) is 0.